The van der Waals surface area contributed by atoms with Gasteiger partial charge in [0.1, 0.15) is 5.75 Å². The highest BCUT2D eigenvalue weighted by molar-refractivity contribution is 8.33. The second-order valence-corrected chi connectivity index (χ2v) is 16.4. The number of ether oxygens (including phenoxy) is 2. The topological polar surface area (TPSA) is 96.6 Å². The molecular weight excluding hydrogens is 524 g/mol. The molecule has 2 N–H and O–H groups in total. The van der Waals surface area contributed by atoms with Gasteiger partial charge in [-0.1, -0.05) is 48.5 Å². The Balaban J connectivity index is 1.34. The number of benzene rings is 2. The Morgan fingerprint density at radius 2 is 1.70 bits per heavy atom. The number of aromatic amines is 1. The number of hydrogen-bond donors (Lipinski definition) is 2. The summed E-state index contributed by atoms with van der Waals surface area (Å²) in [5, 5.41) is 10.7. The highest BCUT2D eigenvalue weighted by Crippen LogP contribution is 2.60. The summed E-state index contributed by atoms with van der Waals surface area (Å²) in [5.74, 6) is 0.972. The molecule has 2 aliphatic rings. The van der Waals surface area contributed by atoms with Crippen LogP contribution in [0.4, 0.5) is 5.82 Å². The number of hydrogen-bond acceptors (Lipinski definition) is 5. The van der Waals surface area contributed by atoms with Crippen molar-refractivity contribution in [1.82, 2.24) is 15.1 Å². The molecule has 1 unspecified atom stereocenters. The summed E-state index contributed by atoms with van der Waals surface area (Å²) in [6.45, 7) is 4.76. The van der Waals surface area contributed by atoms with E-state index >= 15 is 0 Å². The molecule has 0 radical (unpaired) electrons. The Morgan fingerprint density at radius 3 is 2.30 bits per heavy atom. The van der Waals surface area contributed by atoms with Crippen LogP contribution in [0.1, 0.15) is 49.9 Å². The lowest BCUT2D eigenvalue weighted by atomic mass is 9.83. The van der Waals surface area contributed by atoms with Crippen LogP contribution < -0.4 is 10.1 Å². The fourth-order valence-corrected chi connectivity index (χ4v) is 7.78. The minimum atomic E-state index is -1.11. The Bertz CT molecular complexity index is 1350. The zero-order valence-corrected chi connectivity index (χ0v) is 24.8. The third-order valence-electron chi connectivity index (χ3n) is 8.39. The van der Waals surface area contributed by atoms with Crippen molar-refractivity contribution in [1.29, 1.82) is 0 Å². The molecule has 1 saturated carbocycles. The van der Waals surface area contributed by atoms with Crippen LogP contribution in [0.15, 0.2) is 60.7 Å². The van der Waals surface area contributed by atoms with Crippen LogP contribution in [0.2, 0.25) is 0 Å². The molecule has 1 aliphatic heterocycles. The Hall–Kier alpha value is -3.30. The molecule has 9 heteroatoms. The lowest BCUT2D eigenvalue weighted by Gasteiger charge is -2.53. The van der Waals surface area contributed by atoms with E-state index in [1.165, 1.54) is 0 Å². The van der Waals surface area contributed by atoms with Crippen molar-refractivity contribution in [3.63, 3.8) is 0 Å². The van der Waals surface area contributed by atoms with E-state index in [4.69, 9.17) is 9.47 Å². The molecule has 214 valence electrons. The van der Waals surface area contributed by atoms with Crippen molar-refractivity contribution >= 4 is 27.7 Å². The molecule has 2 amide bonds. The summed E-state index contributed by atoms with van der Waals surface area (Å²) in [6, 6.07) is 19.2. The van der Waals surface area contributed by atoms with Crippen LogP contribution in [0, 0.1) is 0 Å². The van der Waals surface area contributed by atoms with E-state index in [0.29, 0.717) is 24.7 Å². The van der Waals surface area contributed by atoms with Crippen molar-refractivity contribution in [2.45, 2.75) is 62.7 Å². The highest BCUT2D eigenvalue weighted by Gasteiger charge is 2.51. The van der Waals surface area contributed by atoms with Gasteiger partial charge in [0.05, 0.1) is 35.7 Å². The molecule has 0 bridgehead atoms. The molecule has 2 heterocycles. The number of carbonyl (C=O) groups is 2. The molecule has 2 aromatic carbocycles. The van der Waals surface area contributed by atoms with Crippen molar-refractivity contribution in [2.75, 3.05) is 30.7 Å². The Morgan fingerprint density at radius 1 is 1.05 bits per heavy atom. The number of anilines is 1. The molecule has 0 spiro atoms. The molecule has 0 saturated heterocycles. The third-order valence-corrected chi connectivity index (χ3v) is 11.3. The predicted molar refractivity (Wildman–Crippen MR) is 160 cm³/mol. The minimum absolute atomic E-state index is 0.0396. The molecule has 3 aromatic rings. The van der Waals surface area contributed by atoms with Crippen molar-refractivity contribution < 1.29 is 19.1 Å². The van der Waals surface area contributed by atoms with Crippen molar-refractivity contribution in [2.24, 2.45) is 0 Å². The summed E-state index contributed by atoms with van der Waals surface area (Å²) in [7, 11) is -1.11. The summed E-state index contributed by atoms with van der Waals surface area (Å²) < 4.78 is 11.8. The van der Waals surface area contributed by atoms with Gasteiger partial charge in [0.15, 0.2) is 11.9 Å². The summed E-state index contributed by atoms with van der Waals surface area (Å²) in [4.78, 5) is 29.4. The highest BCUT2D eigenvalue weighted by atomic mass is 32.3. The maximum absolute atomic E-state index is 14.1. The fraction of sp³-hybridized carbons (Fsp3) is 0.452. The van der Waals surface area contributed by atoms with Crippen LogP contribution in [0.5, 0.6) is 5.75 Å². The molecule has 1 atom stereocenters. The van der Waals surface area contributed by atoms with Gasteiger partial charge in [0, 0.05) is 5.56 Å². The van der Waals surface area contributed by atoms with E-state index in [-0.39, 0.29) is 23.2 Å². The summed E-state index contributed by atoms with van der Waals surface area (Å²) >= 11 is 0. The number of carbonyl (C=O) groups excluding carboxylic acids is 2. The number of para-hydroxylation sites is 1. The number of aromatic nitrogens is 2. The van der Waals surface area contributed by atoms with E-state index in [2.05, 4.69) is 34.3 Å². The second-order valence-electron chi connectivity index (χ2n) is 12.0. The monoisotopic (exact) mass is 564 g/mol. The molecule has 1 aromatic heterocycles. The average Bonchev–Trinajstić information content (AvgIpc) is 3.40. The smallest absolute Gasteiger partial charge is 0.267 e. The standard InChI is InChI=1S/C31H40N4O4S/c1-30(2)26-24(27(34-33-26)32-29(37)31(17-12-18-31)40(3,4)5)19-35(30)28(36)25(39-23-15-10-7-11-16-23)21-38-20-22-13-8-6-9-14-22/h6-11,13-16,25H,12,17-21H2,1-5H3,(H2,32,33,34,37). The van der Waals surface area contributed by atoms with Gasteiger partial charge in [-0.3, -0.25) is 14.7 Å². The van der Waals surface area contributed by atoms with Crippen molar-refractivity contribution in [3.05, 3.63) is 77.5 Å². The van der Waals surface area contributed by atoms with Gasteiger partial charge in [-0.2, -0.15) is 5.10 Å². The van der Waals surface area contributed by atoms with Crippen LogP contribution in [0.3, 0.4) is 0 Å². The normalized spacial score (nSPS) is 18.4. The van der Waals surface area contributed by atoms with Crippen LogP contribution in [0.25, 0.3) is 0 Å². The SMILES string of the molecule is CC1(C)c2[nH]nc(NC(=O)C3(S(C)(C)C)CCC3)c2CN1C(=O)C(COCc1ccccc1)Oc1ccccc1. The molecular formula is C31H40N4O4S. The number of nitrogens with one attached hydrogen (secondary N) is 2. The first kappa shape index (κ1) is 28.2. The van der Waals surface area contributed by atoms with Crippen LogP contribution in [-0.4, -0.2) is 63.1 Å². The quantitative estimate of drug-likeness (QED) is 0.353. The van der Waals surface area contributed by atoms with Gasteiger partial charge >= 0.3 is 0 Å². The third kappa shape index (κ3) is 5.24. The van der Waals surface area contributed by atoms with Gasteiger partial charge in [-0.25, -0.2) is 10.0 Å². The number of nitrogens with zero attached hydrogens (tertiary/aromatic N) is 2. The first-order valence-corrected chi connectivity index (χ1v) is 16.6. The van der Waals surface area contributed by atoms with Crippen LogP contribution >= 0.6 is 10.0 Å². The first-order chi connectivity index (χ1) is 19.0. The minimum Gasteiger partial charge on any atom is -0.478 e. The van der Waals surface area contributed by atoms with E-state index in [1.54, 1.807) is 4.90 Å². The number of amides is 2. The lowest BCUT2D eigenvalue weighted by Crippen LogP contribution is -2.51. The molecule has 40 heavy (non-hydrogen) atoms. The second kappa shape index (κ2) is 10.9. The van der Waals surface area contributed by atoms with Crippen LogP contribution in [-0.2, 0) is 33.0 Å². The van der Waals surface area contributed by atoms with Gasteiger partial charge < -0.3 is 19.7 Å². The van der Waals surface area contributed by atoms with Gasteiger partial charge in [0.2, 0.25) is 5.91 Å². The van der Waals surface area contributed by atoms with E-state index in [9.17, 15) is 9.59 Å². The fourth-order valence-electron chi connectivity index (χ4n) is 5.66. The van der Waals surface area contributed by atoms with Crippen molar-refractivity contribution in [3.8, 4) is 5.75 Å². The van der Waals surface area contributed by atoms with E-state index in [0.717, 1.165) is 36.1 Å². The van der Waals surface area contributed by atoms with Gasteiger partial charge in [-0.15, -0.1) is 0 Å². The molecule has 8 nitrogen and oxygen atoms in total. The molecule has 1 fully saturated rings. The summed E-state index contributed by atoms with van der Waals surface area (Å²) in [5.41, 5.74) is 2.01. The number of fused-ring (bicyclic) bond motifs is 1. The number of rotatable bonds is 10. The van der Waals surface area contributed by atoms with Gasteiger partial charge in [-0.05, 0) is 69.6 Å². The van der Waals surface area contributed by atoms with Gasteiger partial charge in [0.25, 0.3) is 5.91 Å². The Labute approximate surface area is 238 Å². The zero-order chi connectivity index (χ0) is 28.5. The largest absolute Gasteiger partial charge is 0.478 e. The number of H-pyrrole nitrogens is 1. The first-order valence-electron chi connectivity index (χ1n) is 13.7. The zero-order valence-electron chi connectivity index (χ0n) is 24.0. The van der Waals surface area contributed by atoms with E-state index in [1.807, 2.05) is 74.5 Å². The predicted octanol–water partition coefficient (Wildman–Crippen LogP) is 5.21. The Kier molecular flexibility index (Phi) is 7.72. The van der Waals surface area contributed by atoms with E-state index < -0.39 is 21.7 Å². The molecule has 1 aliphatic carbocycles. The maximum atomic E-state index is 14.1. The summed E-state index contributed by atoms with van der Waals surface area (Å²) in [6.07, 6.45) is 8.65. The average molecular weight is 565 g/mol. The maximum Gasteiger partial charge on any atom is 0.267 e. The molecule has 5 rings (SSSR count). The lowest BCUT2D eigenvalue weighted by molar-refractivity contribution is -0.147.